The molecule has 29 heavy (non-hydrogen) atoms. The van der Waals surface area contributed by atoms with Gasteiger partial charge in [0.15, 0.2) is 5.13 Å². The molecule has 2 aromatic heterocycles. The maximum Gasteiger partial charge on any atom is 0.230 e. The number of hydrogen-bond donors (Lipinski definition) is 0. The lowest BCUT2D eigenvalue weighted by atomic mass is 10.3. The van der Waals surface area contributed by atoms with Gasteiger partial charge in [0.1, 0.15) is 17.1 Å². The fourth-order valence-electron chi connectivity index (χ4n) is 2.76. The molecule has 1 amide bonds. The first-order chi connectivity index (χ1) is 14.1. The van der Waals surface area contributed by atoms with E-state index in [4.69, 9.17) is 16.0 Å². The van der Waals surface area contributed by atoms with Gasteiger partial charge >= 0.3 is 0 Å². The third-order valence-electron chi connectivity index (χ3n) is 4.18. The Morgan fingerprint density at radius 2 is 2.00 bits per heavy atom. The first-order valence-corrected chi connectivity index (χ1v) is 11.0. The molecule has 0 bridgehead atoms. The predicted molar refractivity (Wildman–Crippen MR) is 116 cm³/mol. The first-order valence-electron chi connectivity index (χ1n) is 8.86. The summed E-state index contributed by atoms with van der Waals surface area (Å²) >= 11 is 9.18. The number of thioether (sulfide) groups is 1. The SMILES string of the molecule is O=C(CCSc1ccc(F)cc1)N(Cc1ccco1)c1nc2c(Cl)cccc2s1. The van der Waals surface area contributed by atoms with Crippen LogP contribution in [0, 0.1) is 5.82 Å². The summed E-state index contributed by atoms with van der Waals surface area (Å²) in [6.07, 6.45) is 1.89. The van der Waals surface area contributed by atoms with Crippen LogP contribution in [-0.2, 0) is 11.3 Å². The number of thiazole rings is 1. The Hall–Kier alpha value is -2.35. The summed E-state index contributed by atoms with van der Waals surface area (Å²) in [5.74, 6) is 0.913. The molecular formula is C21H16ClFN2O2S2. The van der Waals surface area contributed by atoms with Crippen molar-refractivity contribution in [1.82, 2.24) is 4.98 Å². The molecule has 0 saturated carbocycles. The van der Waals surface area contributed by atoms with E-state index in [1.165, 1.54) is 35.2 Å². The number of aromatic nitrogens is 1. The molecule has 0 fully saturated rings. The van der Waals surface area contributed by atoms with Gasteiger partial charge in [0.2, 0.25) is 5.91 Å². The number of hydrogen-bond acceptors (Lipinski definition) is 5. The lowest BCUT2D eigenvalue weighted by Crippen LogP contribution is -2.30. The Balaban J connectivity index is 1.52. The quantitative estimate of drug-likeness (QED) is 0.308. The number of para-hydroxylation sites is 1. The summed E-state index contributed by atoms with van der Waals surface area (Å²) in [5.41, 5.74) is 0.687. The molecule has 0 aliphatic heterocycles. The molecule has 0 N–H and O–H groups in total. The number of anilines is 1. The Bertz CT molecular complexity index is 1110. The van der Waals surface area contributed by atoms with Gasteiger partial charge < -0.3 is 4.42 Å². The van der Waals surface area contributed by atoms with Crippen molar-refractivity contribution in [1.29, 1.82) is 0 Å². The van der Waals surface area contributed by atoms with Gasteiger partial charge in [-0.25, -0.2) is 9.37 Å². The number of rotatable bonds is 7. The van der Waals surface area contributed by atoms with E-state index in [0.29, 0.717) is 40.1 Å². The second-order valence-corrected chi connectivity index (χ2v) is 8.78. The molecule has 4 rings (SSSR count). The molecule has 0 spiro atoms. The smallest absolute Gasteiger partial charge is 0.230 e. The van der Waals surface area contributed by atoms with Crippen LogP contribution in [0.15, 0.2) is 70.2 Å². The highest BCUT2D eigenvalue weighted by Gasteiger charge is 2.21. The van der Waals surface area contributed by atoms with Crippen LogP contribution in [-0.4, -0.2) is 16.6 Å². The van der Waals surface area contributed by atoms with Crippen LogP contribution >= 0.6 is 34.7 Å². The number of carbonyl (C=O) groups is 1. The summed E-state index contributed by atoms with van der Waals surface area (Å²) < 4.78 is 19.4. The summed E-state index contributed by atoms with van der Waals surface area (Å²) in [4.78, 5) is 20.2. The van der Waals surface area contributed by atoms with Gasteiger partial charge in [-0.15, -0.1) is 11.8 Å². The van der Waals surface area contributed by atoms with Crippen LogP contribution in [0.5, 0.6) is 0 Å². The summed E-state index contributed by atoms with van der Waals surface area (Å²) in [6.45, 7) is 0.296. The number of halogens is 2. The second-order valence-electron chi connectivity index (χ2n) is 6.19. The topological polar surface area (TPSA) is 46.3 Å². The second kappa shape index (κ2) is 8.98. The highest BCUT2D eigenvalue weighted by atomic mass is 35.5. The van der Waals surface area contributed by atoms with E-state index in [9.17, 15) is 9.18 Å². The van der Waals surface area contributed by atoms with E-state index in [-0.39, 0.29) is 11.7 Å². The molecule has 0 saturated heterocycles. The van der Waals surface area contributed by atoms with Crippen LogP contribution in [0.2, 0.25) is 5.02 Å². The van der Waals surface area contributed by atoms with Gasteiger partial charge in [0.05, 0.1) is 22.5 Å². The largest absolute Gasteiger partial charge is 0.467 e. The van der Waals surface area contributed by atoms with Crippen LogP contribution in [0.25, 0.3) is 10.2 Å². The maximum absolute atomic E-state index is 13.0. The molecule has 4 nitrogen and oxygen atoms in total. The van der Waals surface area contributed by atoms with Crippen molar-refractivity contribution >= 4 is 56.0 Å². The molecule has 0 aliphatic rings. The van der Waals surface area contributed by atoms with Crippen LogP contribution < -0.4 is 4.90 Å². The monoisotopic (exact) mass is 446 g/mol. The van der Waals surface area contributed by atoms with Crippen LogP contribution in [0.1, 0.15) is 12.2 Å². The fraction of sp³-hybridized carbons (Fsp3) is 0.143. The van der Waals surface area contributed by atoms with E-state index in [2.05, 4.69) is 4.98 Å². The van der Waals surface area contributed by atoms with E-state index in [1.54, 1.807) is 35.4 Å². The number of carbonyl (C=O) groups excluding carboxylic acids is 1. The Labute approximate surface area is 180 Å². The third kappa shape index (κ3) is 4.80. The van der Waals surface area contributed by atoms with Crippen molar-refractivity contribution in [2.45, 2.75) is 17.9 Å². The Morgan fingerprint density at radius 1 is 1.17 bits per heavy atom. The number of amides is 1. The number of benzene rings is 2. The highest BCUT2D eigenvalue weighted by Crippen LogP contribution is 2.34. The molecule has 0 radical (unpaired) electrons. The molecule has 148 valence electrons. The molecule has 2 aromatic carbocycles. The zero-order valence-electron chi connectivity index (χ0n) is 15.2. The minimum absolute atomic E-state index is 0.0637. The standard InChI is InChI=1S/C21H16ClFN2O2S2/c22-17-4-1-5-18-20(17)24-21(29-18)25(13-15-3-2-11-27-15)19(26)10-12-28-16-8-6-14(23)7-9-16/h1-9,11H,10,12-13H2. The summed E-state index contributed by atoms with van der Waals surface area (Å²) in [5, 5.41) is 1.14. The molecule has 8 heteroatoms. The van der Waals surface area contributed by atoms with Gasteiger partial charge in [-0.3, -0.25) is 9.69 Å². The van der Waals surface area contributed by atoms with Gasteiger partial charge in [0, 0.05) is 17.1 Å². The molecule has 2 heterocycles. The molecule has 0 atom stereocenters. The van der Waals surface area contributed by atoms with E-state index < -0.39 is 0 Å². The number of nitrogens with zero attached hydrogens (tertiary/aromatic N) is 2. The van der Waals surface area contributed by atoms with Gasteiger partial charge in [0.25, 0.3) is 0 Å². The van der Waals surface area contributed by atoms with Crippen molar-refractivity contribution in [2.24, 2.45) is 0 Å². The van der Waals surface area contributed by atoms with Crippen LogP contribution in [0.3, 0.4) is 0 Å². The average Bonchev–Trinajstić information content (AvgIpc) is 3.37. The highest BCUT2D eigenvalue weighted by molar-refractivity contribution is 7.99. The van der Waals surface area contributed by atoms with Gasteiger partial charge in [-0.1, -0.05) is 29.0 Å². The number of furan rings is 1. The average molecular weight is 447 g/mol. The zero-order valence-corrected chi connectivity index (χ0v) is 17.6. The van der Waals surface area contributed by atoms with Gasteiger partial charge in [-0.2, -0.15) is 0 Å². The summed E-state index contributed by atoms with van der Waals surface area (Å²) in [6, 6.07) is 15.4. The molecular weight excluding hydrogens is 431 g/mol. The fourth-order valence-corrected chi connectivity index (χ4v) is 4.88. The Morgan fingerprint density at radius 3 is 2.72 bits per heavy atom. The normalized spacial score (nSPS) is 11.1. The first kappa shape index (κ1) is 19.9. The Kier molecular flexibility index (Phi) is 6.18. The van der Waals surface area contributed by atoms with Crippen LogP contribution in [0.4, 0.5) is 9.52 Å². The van der Waals surface area contributed by atoms with Crippen molar-refractivity contribution in [2.75, 3.05) is 10.7 Å². The van der Waals surface area contributed by atoms with E-state index in [0.717, 1.165) is 9.60 Å². The minimum atomic E-state index is -0.274. The molecule has 0 aliphatic carbocycles. The van der Waals surface area contributed by atoms with Gasteiger partial charge in [-0.05, 0) is 48.5 Å². The zero-order chi connectivity index (χ0) is 20.2. The van der Waals surface area contributed by atoms with Crippen molar-refractivity contribution in [3.8, 4) is 0 Å². The lowest BCUT2D eigenvalue weighted by molar-refractivity contribution is -0.118. The number of fused-ring (bicyclic) bond motifs is 1. The third-order valence-corrected chi connectivity index (χ3v) is 6.55. The van der Waals surface area contributed by atoms with E-state index in [1.807, 2.05) is 18.2 Å². The molecule has 4 aromatic rings. The van der Waals surface area contributed by atoms with Crippen molar-refractivity contribution in [3.05, 3.63) is 77.5 Å². The minimum Gasteiger partial charge on any atom is -0.467 e. The van der Waals surface area contributed by atoms with E-state index >= 15 is 0 Å². The van der Waals surface area contributed by atoms with Crippen molar-refractivity contribution < 1.29 is 13.6 Å². The lowest BCUT2D eigenvalue weighted by Gasteiger charge is -2.18. The van der Waals surface area contributed by atoms with Crippen molar-refractivity contribution in [3.63, 3.8) is 0 Å². The maximum atomic E-state index is 13.0. The predicted octanol–water partition coefficient (Wildman–Crippen LogP) is 6.40. The summed E-state index contributed by atoms with van der Waals surface area (Å²) in [7, 11) is 0. The molecule has 0 unspecified atom stereocenters.